The summed E-state index contributed by atoms with van der Waals surface area (Å²) in [5.41, 5.74) is -0.562. The topological polar surface area (TPSA) is 64.6 Å². The highest BCUT2D eigenvalue weighted by Gasteiger charge is 2.20. The van der Waals surface area contributed by atoms with Crippen molar-refractivity contribution in [2.24, 2.45) is 0 Å². The largest absolute Gasteiger partial charge is 0.469 e. The molecule has 0 saturated heterocycles. The number of rotatable bonds is 12. The number of carbonyl (C=O) groups excluding carboxylic acids is 2. The van der Waals surface area contributed by atoms with E-state index in [0.29, 0.717) is 6.42 Å². The third-order valence-corrected chi connectivity index (χ3v) is 3.67. The molecule has 5 heteroatoms. The number of ether oxygens (including phenoxy) is 2. The van der Waals surface area contributed by atoms with Crippen LogP contribution >= 0.6 is 0 Å². The number of hydrogen-bond donors (Lipinski definition) is 1. The molecule has 1 atom stereocenters. The Morgan fingerprint density at radius 1 is 1.04 bits per heavy atom. The van der Waals surface area contributed by atoms with Crippen LogP contribution in [0.5, 0.6) is 0 Å². The Hall–Kier alpha value is -1.52. The van der Waals surface area contributed by atoms with Gasteiger partial charge in [0.05, 0.1) is 13.5 Å². The number of esters is 1. The lowest BCUT2D eigenvalue weighted by atomic mass is 10.1. The van der Waals surface area contributed by atoms with Crippen molar-refractivity contribution < 1.29 is 19.1 Å². The van der Waals surface area contributed by atoms with E-state index >= 15 is 0 Å². The van der Waals surface area contributed by atoms with Gasteiger partial charge in [-0.2, -0.15) is 0 Å². The fourth-order valence-corrected chi connectivity index (χ4v) is 2.37. The molecular weight excluding hydrogens is 318 g/mol. The lowest BCUT2D eigenvalue weighted by Gasteiger charge is -2.22. The summed E-state index contributed by atoms with van der Waals surface area (Å²) in [5.74, 6) is -0.342. The normalized spacial score (nSPS) is 12.8. The van der Waals surface area contributed by atoms with E-state index in [2.05, 4.69) is 18.3 Å². The van der Waals surface area contributed by atoms with Gasteiger partial charge in [-0.25, -0.2) is 4.79 Å². The van der Waals surface area contributed by atoms with Gasteiger partial charge in [0.2, 0.25) is 0 Å². The summed E-state index contributed by atoms with van der Waals surface area (Å²) in [6.45, 7) is 7.64. The molecule has 0 aliphatic heterocycles. The number of carbonyl (C=O) groups is 2. The van der Waals surface area contributed by atoms with E-state index in [1.54, 1.807) is 0 Å². The van der Waals surface area contributed by atoms with Crippen LogP contribution in [-0.2, 0) is 14.3 Å². The Morgan fingerprint density at radius 3 is 2.28 bits per heavy atom. The lowest BCUT2D eigenvalue weighted by Crippen LogP contribution is -2.40. The van der Waals surface area contributed by atoms with Gasteiger partial charge in [-0.05, 0) is 40.0 Å². The number of alkyl carbamates (subject to hydrolysis) is 1. The number of methoxy groups -OCH3 is 1. The van der Waals surface area contributed by atoms with Crippen molar-refractivity contribution >= 4 is 12.1 Å². The first-order valence-corrected chi connectivity index (χ1v) is 9.49. The van der Waals surface area contributed by atoms with E-state index in [4.69, 9.17) is 9.47 Å². The second-order valence-corrected chi connectivity index (χ2v) is 7.39. The number of hydrogen-bond acceptors (Lipinski definition) is 4. The molecule has 0 aliphatic rings. The van der Waals surface area contributed by atoms with Crippen molar-refractivity contribution in [3.63, 3.8) is 0 Å². The molecule has 0 aliphatic carbocycles. The van der Waals surface area contributed by atoms with Crippen LogP contribution in [0.4, 0.5) is 4.79 Å². The first-order chi connectivity index (χ1) is 11.8. The predicted molar refractivity (Wildman–Crippen MR) is 102 cm³/mol. The molecule has 25 heavy (non-hydrogen) atoms. The molecule has 0 radical (unpaired) electrons. The zero-order chi connectivity index (χ0) is 19.1. The molecule has 0 aromatic carbocycles. The second-order valence-electron chi connectivity index (χ2n) is 7.39. The van der Waals surface area contributed by atoms with Crippen LogP contribution in [0.25, 0.3) is 0 Å². The summed E-state index contributed by atoms with van der Waals surface area (Å²) < 4.78 is 9.95. The minimum absolute atomic E-state index is 0.136. The zero-order valence-electron chi connectivity index (χ0n) is 16.7. The van der Waals surface area contributed by atoms with E-state index in [9.17, 15) is 9.59 Å². The maximum Gasteiger partial charge on any atom is 0.407 e. The summed E-state index contributed by atoms with van der Waals surface area (Å²) in [6, 6.07) is -0.317. The van der Waals surface area contributed by atoms with E-state index in [-0.39, 0.29) is 18.4 Å². The van der Waals surface area contributed by atoms with Crippen molar-refractivity contribution in [3.05, 3.63) is 12.2 Å². The molecule has 0 bridgehead atoms. The van der Waals surface area contributed by atoms with E-state index < -0.39 is 11.7 Å². The van der Waals surface area contributed by atoms with Crippen LogP contribution in [0.15, 0.2) is 12.2 Å². The van der Waals surface area contributed by atoms with Crippen molar-refractivity contribution in [1.29, 1.82) is 0 Å². The smallest absolute Gasteiger partial charge is 0.407 e. The monoisotopic (exact) mass is 355 g/mol. The van der Waals surface area contributed by atoms with Gasteiger partial charge < -0.3 is 14.8 Å². The Labute approximate surface area is 153 Å². The van der Waals surface area contributed by atoms with Gasteiger partial charge in [0.25, 0.3) is 0 Å². The molecule has 5 nitrogen and oxygen atoms in total. The summed E-state index contributed by atoms with van der Waals surface area (Å²) in [6.07, 6.45) is 13.0. The molecule has 0 saturated carbocycles. The van der Waals surface area contributed by atoms with Crippen molar-refractivity contribution in [2.75, 3.05) is 7.11 Å². The van der Waals surface area contributed by atoms with Gasteiger partial charge in [-0.1, -0.05) is 51.2 Å². The van der Waals surface area contributed by atoms with Gasteiger partial charge in [0, 0.05) is 6.04 Å². The molecular formula is C20H37NO4. The summed E-state index contributed by atoms with van der Waals surface area (Å²) in [5, 5.41) is 2.75. The lowest BCUT2D eigenvalue weighted by molar-refractivity contribution is -0.141. The molecule has 0 spiro atoms. The van der Waals surface area contributed by atoms with Gasteiger partial charge in [0.15, 0.2) is 0 Å². The maximum absolute atomic E-state index is 11.9. The average molecular weight is 356 g/mol. The van der Waals surface area contributed by atoms with Gasteiger partial charge in [-0.15, -0.1) is 0 Å². The highest BCUT2D eigenvalue weighted by molar-refractivity contribution is 5.72. The maximum atomic E-state index is 11.9. The number of nitrogens with one attached hydrogen (secondary N) is 1. The molecule has 0 unspecified atom stereocenters. The van der Waals surface area contributed by atoms with Crippen LogP contribution < -0.4 is 5.32 Å². The second kappa shape index (κ2) is 13.7. The van der Waals surface area contributed by atoms with E-state index in [1.807, 2.05) is 26.8 Å². The molecule has 0 fully saturated rings. The quantitative estimate of drug-likeness (QED) is 0.299. The van der Waals surface area contributed by atoms with E-state index in [0.717, 1.165) is 6.42 Å². The average Bonchev–Trinajstić information content (AvgIpc) is 2.51. The molecule has 0 aromatic heterocycles. The summed E-state index contributed by atoms with van der Waals surface area (Å²) in [7, 11) is 1.35. The van der Waals surface area contributed by atoms with Crippen LogP contribution in [0.2, 0.25) is 0 Å². The fraction of sp³-hybridized carbons (Fsp3) is 0.800. The van der Waals surface area contributed by atoms with Crippen LogP contribution in [0, 0.1) is 0 Å². The standard InChI is InChI=1S/C20H37NO4/c1-6-7-8-9-10-11-12-13-14-15-17(16-18(22)24-5)21-19(23)25-20(2,3)4/h13-14,17H,6-12,15-16H2,1-5H3,(H,21,23)/b14-13-/t17-/m1/s1. The Bertz CT molecular complexity index is 399. The van der Waals surface area contributed by atoms with Crippen LogP contribution in [-0.4, -0.2) is 30.8 Å². The zero-order valence-corrected chi connectivity index (χ0v) is 16.7. The minimum atomic E-state index is -0.562. The molecule has 0 rings (SSSR count). The molecule has 146 valence electrons. The predicted octanol–water partition coefficient (Wildman–Crippen LogP) is 5.14. The number of amides is 1. The van der Waals surface area contributed by atoms with Crippen LogP contribution in [0.1, 0.15) is 85.5 Å². The third-order valence-electron chi connectivity index (χ3n) is 3.67. The summed E-state index contributed by atoms with van der Waals surface area (Å²) >= 11 is 0. The minimum Gasteiger partial charge on any atom is -0.469 e. The fourth-order valence-electron chi connectivity index (χ4n) is 2.37. The van der Waals surface area contributed by atoms with Crippen molar-refractivity contribution in [1.82, 2.24) is 5.32 Å². The highest BCUT2D eigenvalue weighted by atomic mass is 16.6. The first-order valence-electron chi connectivity index (χ1n) is 9.49. The third kappa shape index (κ3) is 15.7. The SMILES string of the molecule is CCCCCCCC/C=C\C[C@H](CC(=O)OC)NC(=O)OC(C)(C)C. The van der Waals surface area contributed by atoms with Crippen molar-refractivity contribution in [2.45, 2.75) is 97.1 Å². The van der Waals surface area contributed by atoms with Crippen molar-refractivity contribution in [3.8, 4) is 0 Å². The molecule has 1 N–H and O–H groups in total. The summed E-state index contributed by atoms with van der Waals surface area (Å²) in [4.78, 5) is 23.4. The Kier molecular flexibility index (Phi) is 12.9. The van der Waals surface area contributed by atoms with Gasteiger partial charge >= 0.3 is 12.1 Å². The molecule has 0 heterocycles. The first kappa shape index (κ1) is 23.5. The Morgan fingerprint density at radius 2 is 1.68 bits per heavy atom. The van der Waals surface area contributed by atoms with Gasteiger partial charge in [-0.3, -0.25) is 4.79 Å². The molecule has 0 aromatic rings. The number of allylic oxidation sites excluding steroid dienone is 1. The molecule has 1 amide bonds. The number of unbranched alkanes of at least 4 members (excludes halogenated alkanes) is 6. The van der Waals surface area contributed by atoms with E-state index in [1.165, 1.54) is 45.6 Å². The Balaban J connectivity index is 4.20. The van der Waals surface area contributed by atoms with Crippen LogP contribution in [0.3, 0.4) is 0 Å². The van der Waals surface area contributed by atoms with Gasteiger partial charge in [0.1, 0.15) is 5.60 Å². The highest BCUT2D eigenvalue weighted by Crippen LogP contribution is 2.10.